The van der Waals surface area contributed by atoms with E-state index in [2.05, 4.69) is 22.0 Å². The lowest BCUT2D eigenvalue weighted by atomic mass is 10.1. The Morgan fingerprint density at radius 1 is 1.10 bits per heavy atom. The Morgan fingerprint density at radius 3 is 2.50 bits per heavy atom. The largest absolute Gasteiger partial charge is 0.336 e. The number of hydrogen-bond donors (Lipinski definition) is 0. The van der Waals surface area contributed by atoms with Crippen LogP contribution in [0.5, 0.6) is 0 Å². The monoisotopic (exact) mass is 410 g/mol. The molecule has 8 heteroatoms. The molecular formula is C22H30N6O2. The van der Waals surface area contributed by atoms with Crippen LogP contribution in [-0.2, 0) is 11.3 Å². The summed E-state index contributed by atoms with van der Waals surface area (Å²) in [6.45, 7) is 8.15. The zero-order valence-corrected chi connectivity index (χ0v) is 18.0. The van der Waals surface area contributed by atoms with Crippen LogP contribution in [0.2, 0.25) is 0 Å². The van der Waals surface area contributed by atoms with Crippen LogP contribution in [0.1, 0.15) is 46.3 Å². The molecule has 8 nitrogen and oxygen atoms in total. The van der Waals surface area contributed by atoms with Crippen LogP contribution in [0.4, 0.5) is 0 Å². The number of likely N-dealkylation sites (tertiary alicyclic amines) is 1. The molecule has 0 spiro atoms. The molecule has 1 atom stereocenters. The van der Waals surface area contributed by atoms with Crippen molar-refractivity contribution in [3.05, 3.63) is 47.0 Å². The van der Waals surface area contributed by atoms with Gasteiger partial charge in [0.25, 0.3) is 5.91 Å². The Kier molecular flexibility index (Phi) is 5.85. The van der Waals surface area contributed by atoms with Crippen LogP contribution < -0.4 is 0 Å². The van der Waals surface area contributed by atoms with E-state index in [1.807, 2.05) is 41.8 Å². The second-order valence-electron chi connectivity index (χ2n) is 8.40. The van der Waals surface area contributed by atoms with Crippen LogP contribution in [0.3, 0.4) is 0 Å². The van der Waals surface area contributed by atoms with Crippen molar-refractivity contribution < 1.29 is 9.59 Å². The first-order valence-corrected chi connectivity index (χ1v) is 10.7. The first-order chi connectivity index (χ1) is 14.4. The number of nitrogens with zero attached hydrogens (tertiary/aromatic N) is 6. The third-order valence-corrected chi connectivity index (χ3v) is 6.13. The fourth-order valence-electron chi connectivity index (χ4n) is 4.35. The van der Waals surface area contributed by atoms with Gasteiger partial charge in [-0.3, -0.25) is 19.3 Å². The number of aryl methyl sites for hydroxylation is 2. The number of likely N-dealkylation sites (N-methyl/N-ethyl adjacent to an activating group) is 1. The minimum absolute atomic E-state index is 0.0334. The maximum Gasteiger partial charge on any atom is 0.255 e. The quantitative estimate of drug-likeness (QED) is 0.766. The summed E-state index contributed by atoms with van der Waals surface area (Å²) in [6.07, 6.45) is 3.51. The lowest BCUT2D eigenvalue weighted by Crippen LogP contribution is -2.47. The second-order valence-corrected chi connectivity index (χ2v) is 8.40. The maximum absolute atomic E-state index is 12.9. The summed E-state index contributed by atoms with van der Waals surface area (Å²) in [6, 6.07) is 5.70. The van der Waals surface area contributed by atoms with E-state index in [4.69, 9.17) is 0 Å². The van der Waals surface area contributed by atoms with Crippen molar-refractivity contribution in [2.24, 2.45) is 0 Å². The number of pyridine rings is 1. The molecule has 2 aromatic rings. The van der Waals surface area contributed by atoms with Crippen LogP contribution in [0, 0.1) is 13.8 Å². The molecular weight excluding hydrogens is 380 g/mol. The predicted octanol–water partition coefficient (Wildman–Crippen LogP) is 1.65. The highest BCUT2D eigenvalue weighted by Crippen LogP contribution is 2.31. The normalized spacial score (nSPS) is 20.0. The van der Waals surface area contributed by atoms with Crippen molar-refractivity contribution in [2.45, 2.75) is 39.3 Å². The summed E-state index contributed by atoms with van der Waals surface area (Å²) in [7, 11) is 2.07. The molecule has 0 aliphatic carbocycles. The van der Waals surface area contributed by atoms with Crippen molar-refractivity contribution in [1.82, 2.24) is 29.5 Å². The highest BCUT2D eigenvalue weighted by molar-refractivity contribution is 5.94. The number of rotatable bonds is 4. The van der Waals surface area contributed by atoms with Gasteiger partial charge in [0.15, 0.2) is 0 Å². The lowest BCUT2D eigenvalue weighted by Gasteiger charge is -2.32. The van der Waals surface area contributed by atoms with E-state index in [9.17, 15) is 9.59 Å². The van der Waals surface area contributed by atoms with Crippen molar-refractivity contribution in [3.8, 4) is 0 Å². The maximum atomic E-state index is 12.9. The van der Waals surface area contributed by atoms with Crippen molar-refractivity contribution in [2.75, 3.05) is 39.8 Å². The SMILES string of the molecule is Cc1cc(C)n(CC(=O)N2CCC[C@@H]2c2ccc(C(=O)N3CCN(C)CC3)cn2)n1. The Bertz CT molecular complexity index is 914. The van der Waals surface area contributed by atoms with E-state index in [1.54, 1.807) is 10.9 Å². The number of carbonyl (C=O) groups is 2. The van der Waals surface area contributed by atoms with Gasteiger partial charge < -0.3 is 14.7 Å². The van der Waals surface area contributed by atoms with Gasteiger partial charge in [-0.05, 0) is 51.9 Å². The number of carbonyl (C=O) groups excluding carboxylic acids is 2. The molecule has 0 bridgehead atoms. The first kappa shape index (κ1) is 20.5. The third-order valence-electron chi connectivity index (χ3n) is 6.13. The molecule has 0 saturated carbocycles. The summed E-state index contributed by atoms with van der Waals surface area (Å²) in [5, 5.41) is 4.41. The number of amides is 2. The summed E-state index contributed by atoms with van der Waals surface area (Å²) in [5.74, 6) is 0.0918. The van der Waals surface area contributed by atoms with Gasteiger partial charge in [-0.1, -0.05) is 0 Å². The molecule has 160 valence electrons. The van der Waals surface area contributed by atoms with Gasteiger partial charge in [0, 0.05) is 44.6 Å². The molecule has 0 N–H and O–H groups in total. The van der Waals surface area contributed by atoms with E-state index < -0.39 is 0 Å². The summed E-state index contributed by atoms with van der Waals surface area (Å²) < 4.78 is 1.76. The highest BCUT2D eigenvalue weighted by Gasteiger charge is 2.31. The van der Waals surface area contributed by atoms with Gasteiger partial charge in [0.05, 0.1) is 23.0 Å². The summed E-state index contributed by atoms with van der Waals surface area (Å²) in [5.41, 5.74) is 3.37. The Balaban J connectivity index is 1.43. The second kappa shape index (κ2) is 8.55. The van der Waals surface area contributed by atoms with Gasteiger partial charge in [0.2, 0.25) is 5.91 Å². The molecule has 30 heavy (non-hydrogen) atoms. The molecule has 4 rings (SSSR count). The minimum Gasteiger partial charge on any atom is -0.336 e. The van der Waals surface area contributed by atoms with E-state index >= 15 is 0 Å². The van der Waals surface area contributed by atoms with Gasteiger partial charge in [-0.15, -0.1) is 0 Å². The van der Waals surface area contributed by atoms with Gasteiger partial charge in [-0.2, -0.15) is 5.10 Å². The predicted molar refractivity (Wildman–Crippen MR) is 113 cm³/mol. The lowest BCUT2D eigenvalue weighted by molar-refractivity contribution is -0.133. The first-order valence-electron chi connectivity index (χ1n) is 10.7. The minimum atomic E-state index is -0.0396. The Hall–Kier alpha value is -2.74. The zero-order chi connectivity index (χ0) is 21.3. The Labute approximate surface area is 177 Å². The molecule has 4 heterocycles. The highest BCUT2D eigenvalue weighted by atomic mass is 16.2. The zero-order valence-electron chi connectivity index (χ0n) is 18.0. The van der Waals surface area contributed by atoms with E-state index in [1.165, 1.54) is 0 Å². The molecule has 2 aliphatic rings. The molecule has 0 radical (unpaired) electrons. The molecule has 2 saturated heterocycles. The van der Waals surface area contributed by atoms with Gasteiger partial charge >= 0.3 is 0 Å². The molecule has 2 fully saturated rings. The smallest absolute Gasteiger partial charge is 0.255 e. The average molecular weight is 411 g/mol. The van der Waals surface area contributed by atoms with Crippen LogP contribution in [0.15, 0.2) is 24.4 Å². The van der Waals surface area contributed by atoms with Gasteiger partial charge in [-0.25, -0.2) is 0 Å². The van der Waals surface area contributed by atoms with Crippen LogP contribution in [-0.4, -0.2) is 81.1 Å². The summed E-state index contributed by atoms with van der Waals surface area (Å²) >= 11 is 0. The topological polar surface area (TPSA) is 74.6 Å². The molecule has 2 amide bonds. The number of hydrogen-bond acceptors (Lipinski definition) is 5. The van der Waals surface area contributed by atoms with E-state index in [-0.39, 0.29) is 24.4 Å². The van der Waals surface area contributed by atoms with E-state index in [0.29, 0.717) is 5.56 Å². The third kappa shape index (κ3) is 4.23. The Morgan fingerprint density at radius 2 is 1.87 bits per heavy atom. The van der Waals surface area contributed by atoms with Crippen molar-refractivity contribution >= 4 is 11.8 Å². The van der Waals surface area contributed by atoms with Crippen molar-refractivity contribution in [3.63, 3.8) is 0 Å². The average Bonchev–Trinajstić information content (AvgIpc) is 3.34. The standard InChI is InChI=1S/C22H30N6O2/c1-16-13-17(2)28(24-16)15-21(29)27-8-4-5-20(27)19-7-6-18(14-23-19)22(30)26-11-9-25(3)10-12-26/h6-7,13-14,20H,4-5,8-12,15H2,1-3H3/t20-/m1/s1. The van der Waals surface area contributed by atoms with Crippen LogP contribution in [0.25, 0.3) is 0 Å². The number of piperazine rings is 1. The number of aromatic nitrogens is 3. The summed E-state index contributed by atoms with van der Waals surface area (Å²) in [4.78, 5) is 36.3. The van der Waals surface area contributed by atoms with Gasteiger partial charge in [0.1, 0.15) is 6.54 Å². The molecule has 0 unspecified atom stereocenters. The van der Waals surface area contributed by atoms with E-state index in [0.717, 1.165) is 62.6 Å². The van der Waals surface area contributed by atoms with Crippen molar-refractivity contribution in [1.29, 1.82) is 0 Å². The molecule has 2 aromatic heterocycles. The fraction of sp³-hybridized carbons (Fsp3) is 0.545. The molecule has 2 aliphatic heterocycles. The fourth-order valence-corrected chi connectivity index (χ4v) is 4.35. The molecule has 0 aromatic carbocycles. The van der Waals surface area contributed by atoms with Crippen LogP contribution >= 0.6 is 0 Å².